The van der Waals surface area contributed by atoms with Gasteiger partial charge in [0.1, 0.15) is 11.3 Å². The van der Waals surface area contributed by atoms with Gasteiger partial charge in [-0.15, -0.1) is 0 Å². The highest BCUT2D eigenvalue weighted by molar-refractivity contribution is 5.94. The van der Waals surface area contributed by atoms with Crippen molar-refractivity contribution < 1.29 is 24.2 Å². The van der Waals surface area contributed by atoms with Crippen LogP contribution in [0.15, 0.2) is 18.2 Å². The van der Waals surface area contributed by atoms with Gasteiger partial charge in [-0.2, -0.15) is 0 Å². The number of rotatable bonds is 5. The third-order valence-corrected chi connectivity index (χ3v) is 3.34. The zero-order valence-electron chi connectivity index (χ0n) is 11.9. The molecule has 6 nitrogen and oxygen atoms in total. The monoisotopic (exact) mass is 293 g/mol. The number of phenols is 1. The van der Waals surface area contributed by atoms with Gasteiger partial charge in [0.15, 0.2) is 6.61 Å². The molecule has 1 aromatic rings. The number of ether oxygens (including phenoxy) is 2. The van der Waals surface area contributed by atoms with Crippen molar-refractivity contribution in [3.8, 4) is 5.75 Å². The van der Waals surface area contributed by atoms with E-state index in [0.717, 1.165) is 19.4 Å². The second-order valence-electron chi connectivity index (χ2n) is 4.99. The van der Waals surface area contributed by atoms with Gasteiger partial charge in [0.25, 0.3) is 5.91 Å². The van der Waals surface area contributed by atoms with Crippen molar-refractivity contribution in [1.29, 1.82) is 0 Å². The number of benzene rings is 1. The van der Waals surface area contributed by atoms with Crippen molar-refractivity contribution in [2.24, 2.45) is 0 Å². The maximum absolute atomic E-state index is 11.8. The molecule has 0 bridgehead atoms. The Bertz CT molecular complexity index is 523. The van der Waals surface area contributed by atoms with Crippen LogP contribution in [-0.2, 0) is 14.3 Å². The Morgan fingerprint density at radius 2 is 2.29 bits per heavy atom. The van der Waals surface area contributed by atoms with Crippen LogP contribution in [0.2, 0.25) is 0 Å². The van der Waals surface area contributed by atoms with E-state index in [4.69, 9.17) is 9.47 Å². The van der Waals surface area contributed by atoms with Gasteiger partial charge in [-0.3, -0.25) is 4.79 Å². The zero-order valence-corrected chi connectivity index (χ0v) is 11.9. The van der Waals surface area contributed by atoms with Crippen molar-refractivity contribution in [3.63, 3.8) is 0 Å². The van der Waals surface area contributed by atoms with E-state index in [-0.39, 0.29) is 29.9 Å². The fourth-order valence-corrected chi connectivity index (χ4v) is 2.12. The van der Waals surface area contributed by atoms with Crippen LogP contribution in [0.1, 0.15) is 28.8 Å². The summed E-state index contributed by atoms with van der Waals surface area (Å²) in [5.74, 6) is -1.23. The number of phenolic OH excluding ortho intramolecular Hbond substituents is 1. The Kier molecular flexibility index (Phi) is 5.16. The molecule has 21 heavy (non-hydrogen) atoms. The maximum Gasteiger partial charge on any atom is 0.342 e. The van der Waals surface area contributed by atoms with Crippen LogP contribution < -0.4 is 5.32 Å². The summed E-state index contributed by atoms with van der Waals surface area (Å²) in [7, 11) is 0. The van der Waals surface area contributed by atoms with Gasteiger partial charge in [-0.1, -0.05) is 12.1 Å². The topological polar surface area (TPSA) is 84.9 Å². The average molecular weight is 293 g/mol. The Balaban J connectivity index is 1.77. The SMILES string of the molecule is Cc1cccc(C(=O)OCC(=O)NC[C@H]2CCCO2)c1O. The van der Waals surface area contributed by atoms with Gasteiger partial charge >= 0.3 is 5.97 Å². The van der Waals surface area contributed by atoms with Gasteiger partial charge in [0.2, 0.25) is 0 Å². The largest absolute Gasteiger partial charge is 0.507 e. The van der Waals surface area contributed by atoms with E-state index in [2.05, 4.69) is 5.32 Å². The lowest BCUT2D eigenvalue weighted by Gasteiger charge is -2.11. The molecule has 2 rings (SSSR count). The first-order valence-corrected chi connectivity index (χ1v) is 6.92. The first-order chi connectivity index (χ1) is 10.1. The number of carbonyl (C=O) groups excluding carboxylic acids is 2. The number of esters is 1. The molecule has 1 aromatic carbocycles. The number of aromatic hydroxyl groups is 1. The van der Waals surface area contributed by atoms with Gasteiger partial charge in [-0.05, 0) is 31.4 Å². The van der Waals surface area contributed by atoms with E-state index in [0.29, 0.717) is 12.1 Å². The smallest absolute Gasteiger partial charge is 0.342 e. The molecule has 0 aliphatic carbocycles. The molecule has 114 valence electrons. The number of hydrogen-bond donors (Lipinski definition) is 2. The Hall–Kier alpha value is -2.08. The quantitative estimate of drug-likeness (QED) is 0.796. The summed E-state index contributed by atoms with van der Waals surface area (Å²) in [5, 5.41) is 12.4. The lowest BCUT2D eigenvalue weighted by atomic mass is 10.1. The Morgan fingerprint density at radius 1 is 1.48 bits per heavy atom. The second-order valence-corrected chi connectivity index (χ2v) is 4.99. The van der Waals surface area contributed by atoms with E-state index < -0.39 is 5.97 Å². The average Bonchev–Trinajstić information content (AvgIpc) is 2.99. The Morgan fingerprint density at radius 3 is 3.00 bits per heavy atom. The molecule has 0 radical (unpaired) electrons. The molecule has 0 saturated carbocycles. The minimum absolute atomic E-state index is 0.0467. The van der Waals surface area contributed by atoms with Crippen molar-refractivity contribution in [1.82, 2.24) is 5.32 Å². The first kappa shape index (κ1) is 15.3. The number of amides is 1. The van der Waals surface area contributed by atoms with Crippen molar-refractivity contribution in [2.45, 2.75) is 25.9 Å². The second kappa shape index (κ2) is 7.08. The van der Waals surface area contributed by atoms with Gasteiger partial charge < -0.3 is 19.9 Å². The molecule has 1 fully saturated rings. The highest BCUT2D eigenvalue weighted by atomic mass is 16.5. The van der Waals surface area contributed by atoms with Crippen LogP contribution in [0.5, 0.6) is 5.75 Å². The van der Waals surface area contributed by atoms with Gasteiger partial charge in [0.05, 0.1) is 6.10 Å². The van der Waals surface area contributed by atoms with Crippen LogP contribution in [0, 0.1) is 6.92 Å². The molecule has 1 heterocycles. The molecule has 1 aliphatic rings. The molecule has 1 atom stereocenters. The first-order valence-electron chi connectivity index (χ1n) is 6.92. The van der Waals surface area contributed by atoms with Crippen LogP contribution in [0.4, 0.5) is 0 Å². The van der Waals surface area contributed by atoms with Crippen molar-refractivity contribution in [3.05, 3.63) is 29.3 Å². The highest BCUT2D eigenvalue weighted by Gasteiger charge is 2.18. The number of nitrogens with one attached hydrogen (secondary N) is 1. The summed E-state index contributed by atoms with van der Waals surface area (Å²) in [5.41, 5.74) is 0.634. The summed E-state index contributed by atoms with van der Waals surface area (Å²) in [4.78, 5) is 23.4. The molecule has 0 aromatic heterocycles. The normalized spacial score (nSPS) is 17.5. The summed E-state index contributed by atoms with van der Waals surface area (Å²) >= 11 is 0. The molecular formula is C15H19NO5. The lowest BCUT2D eigenvalue weighted by Crippen LogP contribution is -2.34. The molecule has 1 aliphatic heterocycles. The van der Waals surface area contributed by atoms with E-state index in [1.165, 1.54) is 6.07 Å². The van der Waals surface area contributed by atoms with Crippen LogP contribution in [-0.4, -0.2) is 42.8 Å². The molecule has 1 amide bonds. The minimum atomic E-state index is -0.719. The molecule has 2 N–H and O–H groups in total. The molecule has 6 heteroatoms. The third-order valence-electron chi connectivity index (χ3n) is 3.34. The molecular weight excluding hydrogens is 274 g/mol. The highest BCUT2D eigenvalue weighted by Crippen LogP contribution is 2.21. The van der Waals surface area contributed by atoms with Crippen molar-refractivity contribution in [2.75, 3.05) is 19.8 Å². The summed E-state index contributed by atoms with van der Waals surface area (Å²) in [6.07, 6.45) is 1.98. The van der Waals surface area contributed by atoms with Gasteiger partial charge in [-0.25, -0.2) is 4.79 Å². The number of hydrogen-bond acceptors (Lipinski definition) is 5. The molecule has 1 saturated heterocycles. The summed E-state index contributed by atoms with van der Waals surface area (Å²) < 4.78 is 10.3. The van der Waals surface area contributed by atoms with E-state index >= 15 is 0 Å². The number of aryl methyl sites for hydroxylation is 1. The number of para-hydroxylation sites is 1. The summed E-state index contributed by atoms with van der Waals surface area (Å²) in [6, 6.07) is 4.78. The summed E-state index contributed by atoms with van der Waals surface area (Å²) in [6.45, 7) is 2.45. The van der Waals surface area contributed by atoms with E-state index in [1.807, 2.05) is 0 Å². The number of carbonyl (C=O) groups is 2. The third kappa shape index (κ3) is 4.19. The van der Waals surface area contributed by atoms with Crippen LogP contribution in [0.25, 0.3) is 0 Å². The van der Waals surface area contributed by atoms with Crippen molar-refractivity contribution >= 4 is 11.9 Å². The van der Waals surface area contributed by atoms with Crippen LogP contribution >= 0.6 is 0 Å². The fraction of sp³-hybridized carbons (Fsp3) is 0.467. The zero-order chi connectivity index (χ0) is 15.2. The van der Waals surface area contributed by atoms with Crippen LogP contribution in [0.3, 0.4) is 0 Å². The van der Waals surface area contributed by atoms with E-state index in [9.17, 15) is 14.7 Å². The maximum atomic E-state index is 11.8. The molecule has 0 spiro atoms. The molecule has 0 unspecified atom stereocenters. The fourth-order valence-electron chi connectivity index (χ4n) is 2.12. The Labute approximate surface area is 123 Å². The standard InChI is InChI=1S/C15H19NO5/c1-10-4-2-6-12(14(10)18)15(19)21-9-13(17)16-8-11-5-3-7-20-11/h2,4,6,11,18H,3,5,7-9H2,1H3,(H,16,17)/t11-/m1/s1. The predicted molar refractivity (Wildman–Crippen MR) is 75.1 cm³/mol. The van der Waals surface area contributed by atoms with E-state index in [1.54, 1.807) is 19.1 Å². The lowest BCUT2D eigenvalue weighted by molar-refractivity contribution is -0.124. The predicted octanol–water partition coefficient (Wildman–Crippen LogP) is 1.15. The van der Waals surface area contributed by atoms with Gasteiger partial charge in [0, 0.05) is 13.2 Å². The minimum Gasteiger partial charge on any atom is -0.507 e.